The van der Waals surface area contributed by atoms with E-state index in [2.05, 4.69) is 0 Å². The van der Waals surface area contributed by atoms with Crippen LogP contribution in [-0.2, 0) is 16.0 Å². The van der Waals surface area contributed by atoms with Gasteiger partial charge in [-0.2, -0.15) is 0 Å². The first-order valence-corrected chi connectivity index (χ1v) is 10.4. The highest BCUT2D eigenvalue weighted by Crippen LogP contribution is 2.21. The zero-order chi connectivity index (χ0) is 21.4. The van der Waals surface area contributed by atoms with Crippen LogP contribution in [0.5, 0.6) is 0 Å². The van der Waals surface area contributed by atoms with Gasteiger partial charge in [-0.05, 0) is 44.9 Å². The van der Waals surface area contributed by atoms with E-state index in [9.17, 15) is 9.59 Å². The number of aromatic nitrogens is 3. The number of aryl methyl sites for hydroxylation is 2. The summed E-state index contributed by atoms with van der Waals surface area (Å²) < 4.78 is 14.4. The number of hydrogen-bond acceptors (Lipinski definition) is 5. The van der Waals surface area contributed by atoms with E-state index < -0.39 is 0 Å². The standard InChI is InChI=1S/C22H28N4O4/c1-14-7-5-8-26-19(14)23-20-17(21(26)27)11-18(25(20)9-6-10-29-4)22(28)24-12-15(2)30-16(3)13-24/h5,7-8,11,15-16H,6,9-10,12-13H2,1-4H3/t15-,16-/m1/s1. The predicted molar refractivity (Wildman–Crippen MR) is 114 cm³/mol. The van der Waals surface area contributed by atoms with Crippen molar-refractivity contribution in [2.45, 2.75) is 45.9 Å². The minimum atomic E-state index is -0.165. The number of amides is 1. The van der Waals surface area contributed by atoms with Crippen molar-refractivity contribution in [1.82, 2.24) is 18.9 Å². The molecule has 0 aliphatic carbocycles. The van der Waals surface area contributed by atoms with Gasteiger partial charge < -0.3 is 18.9 Å². The van der Waals surface area contributed by atoms with Gasteiger partial charge in [-0.1, -0.05) is 6.07 Å². The lowest BCUT2D eigenvalue weighted by atomic mass is 10.2. The molecule has 2 atom stereocenters. The maximum Gasteiger partial charge on any atom is 0.270 e. The summed E-state index contributed by atoms with van der Waals surface area (Å²) in [6.07, 6.45) is 2.37. The van der Waals surface area contributed by atoms with Crippen molar-refractivity contribution in [3.63, 3.8) is 0 Å². The molecule has 0 saturated carbocycles. The summed E-state index contributed by atoms with van der Waals surface area (Å²) in [5, 5.41) is 0.452. The van der Waals surface area contributed by atoms with E-state index >= 15 is 0 Å². The Morgan fingerprint density at radius 3 is 2.70 bits per heavy atom. The van der Waals surface area contributed by atoms with Gasteiger partial charge in [-0.15, -0.1) is 0 Å². The van der Waals surface area contributed by atoms with Gasteiger partial charge in [0, 0.05) is 39.5 Å². The summed E-state index contributed by atoms with van der Waals surface area (Å²) in [6, 6.07) is 5.45. The Balaban J connectivity index is 1.87. The maximum atomic E-state index is 13.5. The second kappa shape index (κ2) is 8.20. The average molecular weight is 412 g/mol. The molecule has 0 aromatic carbocycles. The number of morpholine rings is 1. The van der Waals surface area contributed by atoms with Crippen molar-refractivity contribution in [2.75, 3.05) is 26.8 Å². The van der Waals surface area contributed by atoms with Crippen molar-refractivity contribution in [3.8, 4) is 0 Å². The lowest BCUT2D eigenvalue weighted by Crippen LogP contribution is -2.48. The molecule has 1 aliphatic heterocycles. The molecule has 4 heterocycles. The summed E-state index contributed by atoms with van der Waals surface area (Å²) >= 11 is 0. The second-order valence-electron chi connectivity index (χ2n) is 8.03. The molecule has 3 aromatic rings. The molecule has 8 nitrogen and oxygen atoms in total. The third-order valence-electron chi connectivity index (χ3n) is 5.55. The Bertz CT molecular complexity index is 1140. The summed E-state index contributed by atoms with van der Waals surface area (Å²) in [5.41, 5.74) is 2.38. The van der Waals surface area contributed by atoms with Crippen LogP contribution in [0.15, 0.2) is 29.2 Å². The molecular formula is C22H28N4O4. The largest absolute Gasteiger partial charge is 0.385 e. The predicted octanol–water partition coefficient (Wildman–Crippen LogP) is 2.24. The minimum absolute atomic E-state index is 0.0296. The number of methoxy groups -OCH3 is 1. The number of carbonyl (C=O) groups is 1. The molecule has 160 valence electrons. The topological polar surface area (TPSA) is 78.1 Å². The Kier molecular flexibility index (Phi) is 5.62. The smallest absolute Gasteiger partial charge is 0.270 e. The molecular weight excluding hydrogens is 384 g/mol. The van der Waals surface area contributed by atoms with Gasteiger partial charge in [0.1, 0.15) is 17.0 Å². The van der Waals surface area contributed by atoms with Crippen molar-refractivity contribution < 1.29 is 14.3 Å². The summed E-state index contributed by atoms with van der Waals surface area (Å²) in [6.45, 7) is 8.01. The first-order valence-electron chi connectivity index (χ1n) is 10.4. The fraction of sp³-hybridized carbons (Fsp3) is 0.500. The van der Waals surface area contributed by atoms with Crippen molar-refractivity contribution in [1.29, 1.82) is 0 Å². The number of nitrogens with zero attached hydrogens (tertiary/aromatic N) is 4. The van der Waals surface area contributed by atoms with Gasteiger partial charge in [-0.25, -0.2) is 4.98 Å². The normalized spacial score (nSPS) is 19.7. The first-order chi connectivity index (χ1) is 14.4. The number of ether oxygens (including phenoxy) is 2. The first kappa shape index (κ1) is 20.6. The molecule has 8 heteroatoms. The van der Waals surface area contributed by atoms with Crippen LogP contribution in [0.3, 0.4) is 0 Å². The zero-order valence-electron chi connectivity index (χ0n) is 17.9. The van der Waals surface area contributed by atoms with E-state index in [0.29, 0.717) is 55.0 Å². The van der Waals surface area contributed by atoms with E-state index in [4.69, 9.17) is 14.5 Å². The van der Waals surface area contributed by atoms with Gasteiger partial charge in [0.05, 0.1) is 17.6 Å². The number of hydrogen-bond donors (Lipinski definition) is 0. The highest BCUT2D eigenvalue weighted by atomic mass is 16.5. The molecule has 0 unspecified atom stereocenters. The van der Waals surface area contributed by atoms with Crippen LogP contribution in [0.2, 0.25) is 0 Å². The highest BCUT2D eigenvalue weighted by molar-refractivity contribution is 5.98. The molecule has 0 radical (unpaired) electrons. The maximum absolute atomic E-state index is 13.5. The van der Waals surface area contributed by atoms with E-state index in [1.165, 1.54) is 0 Å². The van der Waals surface area contributed by atoms with E-state index in [1.54, 1.807) is 23.8 Å². The molecule has 0 spiro atoms. The third-order valence-corrected chi connectivity index (χ3v) is 5.55. The molecule has 1 saturated heterocycles. The summed E-state index contributed by atoms with van der Waals surface area (Å²) in [5.74, 6) is -0.0994. The van der Waals surface area contributed by atoms with E-state index in [-0.39, 0.29) is 23.7 Å². The monoisotopic (exact) mass is 412 g/mol. The van der Waals surface area contributed by atoms with Crippen molar-refractivity contribution >= 4 is 22.6 Å². The Morgan fingerprint density at radius 2 is 2.00 bits per heavy atom. The fourth-order valence-corrected chi connectivity index (χ4v) is 4.24. The van der Waals surface area contributed by atoms with Crippen LogP contribution in [0.25, 0.3) is 16.7 Å². The van der Waals surface area contributed by atoms with Crippen LogP contribution in [-0.4, -0.2) is 63.8 Å². The number of fused-ring (bicyclic) bond motifs is 2. The Labute approximate surface area is 175 Å². The molecule has 30 heavy (non-hydrogen) atoms. The Morgan fingerprint density at radius 1 is 1.27 bits per heavy atom. The quantitative estimate of drug-likeness (QED) is 0.601. The average Bonchev–Trinajstić information content (AvgIpc) is 3.07. The molecule has 1 aliphatic rings. The molecule has 4 rings (SSSR count). The minimum Gasteiger partial charge on any atom is -0.385 e. The SMILES string of the molecule is COCCCn1c(C(=O)N2C[C@@H](C)O[C@H](C)C2)cc2c(=O)n3cccc(C)c3nc21. The fourth-order valence-electron chi connectivity index (χ4n) is 4.24. The van der Waals surface area contributed by atoms with Crippen LogP contribution in [0.1, 0.15) is 36.3 Å². The molecule has 0 N–H and O–H groups in total. The Hall–Kier alpha value is -2.71. The molecule has 0 bridgehead atoms. The second-order valence-corrected chi connectivity index (χ2v) is 8.03. The van der Waals surface area contributed by atoms with Gasteiger partial charge in [0.2, 0.25) is 0 Å². The van der Waals surface area contributed by atoms with E-state index in [0.717, 1.165) is 5.56 Å². The van der Waals surface area contributed by atoms with Crippen LogP contribution < -0.4 is 5.56 Å². The van der Waals surface area contributed by atoms with Gasteiger partial charge in [0.25, 0.3) is 11.5 Å². The lowest BCUT2D eigenvalue weighted by Gasteiger charge is -2.35. The van der Waals surface area contributed by atoms with Gasteiger partial charge in [0.15, 0.2) is 0 Å². The number of carbonyl (C=O) groups excluding carboxylic acids is 1. The van der Waals surface area contributed by atoms with Crippen LogP contribution in [0, 0.1) is 6.92 Å². The van der Waals surface area contributed by atoms with Gasteiger partial charge >= 0.3 is 0 Å². The third kappa shape index (κ3) is 3.61. The van der Waals surface area contributed by atoms with Crippen molar-refractivity contribution in [2.24, 2.45) is 0 Å². The summed E-state index contributed by atoms with van der Waals surface area (Å²) in [7, 11) is 1.65. The summed E-state index contributed by atoms with van der Waals surface area (Å²) in [4.78, 5) is 33.2. The van der Waals surface area contributed by atoms with Crippen LogP contribution in [0.4, 0.5) is 0 Å². The number of pyridine rings is 1. The molecule has 3 aromatic heterocycles. The van der Waals surface area contributed by atoms with E-state index in [1.807, 2.05) is 42.4 Å². The lowest BCUT2D eigenvalue weighted by molar-refractivity contribution is -0.0588. The molecule has 1 amide bonds. The van der Waals surface area contributed by atoms with Crippen LogP contribution >= 0.6 is 0 Å². The van der Waals surface area contributed by atoms with Crippen molar-refractivity contribution in [3.05, 3.63) is 46.0 Å². The zero-order valence-corrected chi connectivity index (χ0v) is 17.9. The number of rotatable bonds is 5. The highest BCUT2D eigenvalue weighted by Gasteiger charge is 2.29. The van der Waals surface area contributed by atoms with Gasteiger partial charge in [-0.3, -0.25) is 14.0 Å². The molecule has 1 fully saturated rings.